The first-order valence-electron chi connectivity index (χ1n) is 20.8. The Hall–Kier alpha value is -7.84. The molecule has 10 aromatic rings. The van der Waals surface area contributed by atoms with Gasteiger partial charge in [-0.2, -0.15) is 0 Å². The fraction of sp³-hybridized carbons (Fsp3) is 0.111. The first-order valence-corrected chi connectivity index (χ1v) is 20.8. The molecule has 0 aliphatic carbocycles. The van der Waals surface area contributed by atoms with E-state index in [1.54, 1.807) is 0 Å². The van der Waals surface area contributed by atoms with Gasteiger partial charge in [-0.15, -0.1) is 0 Å². The molecule has 0 saturated heterocycles. The fourth-order valence-electron chi connectivity index (χ4n) is 7.67. The van der Waals surface area contributed by atoms with Gasteiger partial charge in [-0.25, -0.2) is 9.97 Å². The van der Waals surface area contributed by atoms with Crippen LogP contribution in [0.2, 0.25) is 0 Å². The average Bonchev–Trinajstić information content (AvgIpc) is 3.29. The number of ether oxygens (including phenoxy) is 2. The lowest BCUT2D eigenvalue weighted by Gasteiger charge is -2.09. The molecule has 0 unspecified atom stereocenters. The first-order chi connectivity index (χ1) is 30.3. The van der Waals surface area contributed by atoms with Crippen molar-refractivity contribution in [3.05, 3.63) is 203 Å². The van der Waals surface area contributed by atoms with Crippen LogP contribution < -0.4 is 20.9 Å². The van der Waals surface area contributed by atoms with Gasteiger partial charge in [0.15, 0.2) is 11.6 Å². The van der Waals surface area contributed by atoms with E-state index < -0.39 is 0 Å². The lowest BCUT2D eigenvalue weighted by Crippen LogP contribution is -1.98. The summed E-state index contributed by atoms with van der Waals surface area (Å²) in [7, 11) is 0. The molecule has 4 aromatic heterocycles. The topological polar surface area (TPSA) is 122 Å². The van der Waals surface area contributed by atoms with E-state index in [-0.39, 0.29) is 0 Å². The van der Waals surface area contributed by atoms with Crippen molar-refractivity contribution in [1.82, 2.24) is 19.9 Å². The average molecular weight is 811 g/mol. The third kappa shape index (κ3) is 9.15. The lowest BCUT2D eigenvalue weighted by molar-refractivity contribution is 0.482. The van der Waals surface area contributed by atoms with E-state index in [1.807, 2.05) is 97.3 Å². The lowest BCUT2D eigenvalue weighted by atomic mass is 10.0. The second-order valence-corrected chi connectivity index (χ2v) is 15.6. The molecule has 0 bridgehead atoms. The third-order valence-corrected chi connectivity index (χ3v) is 11.0. The number of anilines is 2. The van der Waals surface area contributed by atoms with Crippen molar-refractivity contribution >= 4 is 55.2 Å². The molecule has 8 heteroatoms. The zero-order chi connectivity index (χ0) is 42.4. The van der Waals surface area contributed by atoms with Crippen LogP contribution in [0, 0.1) is 13.8 Å². The molecular weight excluding hydrogens is 765 g/mol. The van der Waals surface area contributed by atoms with Crippen molar-refractivity contribution in [3.63, 3.8) is 0 Å². The maximum absolute atomic E-state index is 6.17. The zero-order valence-electron chi connectivity index (χ0n) is 34.8. The Labute approximate surface area is 360 Å². The van der Waals surface area contributed by atoms with Gasteiger partial charge in [0.2, 0.25) is 0 Å². The summed E-state index contributed by atoms with van der Waals surface area (Å²) in [6.07, 6.45) is 7.47. The molecule has 304 valence electrons. The van der Waals surface area contributed by atoms with Gasteiger partial charge in [0.1, 0.15) is 34.0 Å². The summed E-state index contributed by atoms with van der Waals surface area (Å²) in [6.45, 7) is 4.12. The first kappa shape index (κ1) is 39.6. The van der Waals surface area contributed by atoms with Crippen LogP contribution in [0.4, 0.5) is 11.6 Å². The second-order valence-electron chi connectivity index (χ2n) is 15.6. The number of fused-ring (bicyclic) bond motifs is 6. The van der Waals surface area contributed by atoms with Crippen LogP contribution in [0.25, 0.3) is 43.6 Å². The fourth-order valence-corrected chi connectivity index (χ4v) is 7.67. The molecule has 0 fully saturated rings. The van der Waals surface area contributed by atoms with Gasteiger partial charge < -0.3 is 20.9 Å². The van der Waals surface area contributed by atoms with Crippen LogP contribution in [0.3, 0.4) is 0 Å². The maximum Gasteiger partial charge on any atom is 0.150 e. The zero-order valence-corrected chi connectivity index (χ0v) is 34.8. The van der Waals surface area contributed by atoms with Gasteiger partial charge in [0.25, 0.3) is 0 Å². The number of hydrogen-bond acceptors (Lipinski definition) is 8. The van der Waals surface area contributed by atoms with Crippen LogP contribution >= 0.6 is 0 Å². The van der Waals surface area contributed by atoms with Crippen molar-refractivity contribution < 1.29 is 9.47 Å². The number of para-hydroxylation sites is 2. The molecule has 4 heterocycles. The number of hydrogen-bond donors (Lipinski definition) is 2. The molecule has 0 spiro atoms. The Kier molecular flexibility index (Phi) is 11.4. The Morgan fingerprint density at radius 2 is 0.758 bits per heavy atom. The highest BCUT2D eigenvalue weighted by Crippen LogP contribution is 2.30. The van der Waals surface area contributed by atoms with Gasteiger partial charge in [-0.3, -0.25) is 9.97 Å². The number of nitrogens with two attached hydrogens (primary N) is 2. The molecule has 0 atom stereocenters. The molecule has 0 aliphatic rings. The van der Waals surface area contributed by atoms with Crippen LogP contribution in [-0.4, -0.2) is 19.9 Å². The van der Waals surface area contributed by atoms with E-state index in [1.165, 1.54) is 33.4 Å². The monoisotopic (exact) mass is 810 g/mol. The minimum atomic E-state index is 0.480. The van der Waals surface area contributed by atoms with Gasteiger partial charge in [0, 0.05) is 33.9 Å². The van der Waals surface area contributed by atoms with Gasteiger partial charge >= 0.3 is 0 Å². The number of benzene rings is 6. The molecular formula is C54H46N6O2. The standard InChI is InChI=1S/2C27H23N3O/c2*1-18-7-14-23-24-16-20(17-29-26(24)27(28)30-25(23)15-18)9-8-19-10-12-22(13-11-19)31-21-5-3-2-4-6-21/h2*2-7,10-17H,8-9H2,1H3,(H2,28,30). The summed E-state index contributed by atoms with van der Waals surface area (Å²) in [4.78, 5) is 18.3. The van der Waals surface area contributed by atoms with Crippen molar-refractivity contribution in [2.75, 3.05) is 11.5 Å². The molecule has 62 heavy (non-hydrogen) atoms. The van der Waals surface area contributed by atoms with Crippen molar-refractivity contribution in [2.45, 2.75) is 39.5 Å². The van der Waals surface area contributed by atoms with Gasteiger partial charge in [-0.05, 0) is 146 Å². The number of aromatic nitrogens is 4. The highest BCUT2D eigenvalue weighted by molar-refractivity contribution is 6.09. The Morgan fingerprint density at radius 1 is 0.387 bits per heavy atom. The summed E-state index contributed by atoms with van der Waals surface area (Å²) in [5.74, 6) is 4.32. The quantitative estimate of drug-likeness (QED) is 0.131. The maximum atomic E-state index is 6.17. The van der Waals surface area contributed by atoms with E-state index in [0.717, 1.165) is 92.3 Å². The predicted molar refractivity (Wildman–Crippen MR) is 253 cm³/mol. The molecule has 0 saturated carbocycles. The highest BCUT2D eigenvalue weighted by atomic mass is 16.5. The van der Waals surface area contributed by atoms with Crippen molar-refractivity contribution in [2.24, 2.45) is 0 Å². The van der Waals surface area contributed by atoms with E-state index in [9.17, 15) is 0 Å². The van der Waals surface area contributed by atoms with E-state index in [4.69, 9.17) is 20.9 Å². The molecule has 6 aromatic carbocycles. The van der Waals surface area contributed by atoms with Gasteiger partial charge in [-0.1, -0.05) is 84.9 Å². The number of pyridine rings is 4. The van der Waals surface area contributed by atoms with Crippen molar-refractivity contribution in [1.29, 1.82) is 0 Å². The third-order valence-electron chi connectivity index (χ3n) is 11.0. The van der Waals surface area contributed by atoms with E-state index in [2.05, 4.69) is 107 Å². The van der Waals surface area contributed by atoms with Crippen molar-refractivity contribution in [3.8, 4) is 23.0 Å². The number of nitrogen functional groups attached to an aromatic ring is 2. The number of rotatable bonds is 10. The Morgan fingerprint density at radius 3 is 1.16 bits per heavy atom. The minimum absolute atomic E-state index is 0.480. The van der Waals surface area contributed by atoms with Gasteiger partial charge in [0.05, 0.1) is 11.0 Å². The van der Waals surface area contributed by atoms with Crippen LogP contribution in [0.1, 0.15) is 33.4 Å². The smallest absolute Gasteiger partial charge is 0.150 e. The Balaban J connectivity index is 0.000000158. The second kappa shape index (κ2) is 17.8. The van der Waals surface area contributed by atoms with Crippen LogP contribution in [0.15, 0.2) is 170 Å². The number of nitrogens with zero attached hydrogens (tertiary/aromatic N) is 4. The largest absolute Gasteiger partial charge is 0.457 e. The SMILES string of the molecule is Cc1ccc2c(c1)nc(N)c1ncc(CCc3ccc(Oc4ccccc4)cc3)cc12.Cc1ccc2c(c1)nc(N)c1ncc(CCc3ccc(Oc4ccccc4)cc3)cc12. The minimum Gasteiger partial charge on any atom is -0.457 e. The molecule has 8 nitrogen and oxygen atoms in total. The summed E-state index contributed by atoms with van der Waals surface area (Å²) in [6, 6.07) is 53.1. The molecule has 0 radical (unpaired) electrons. The Bertz CT molecular complexity index is 2940. The van der Waals surface area contributed by atoms with E-state index >= 15 is 0 Å². The van der Waals surface area contributed by atoms with Crippen LogP contribution in [0.5, 0.6) is 23.0 Å². The summed E-state index contributed by atoms with van der Waals surface area (Å²) in [5, 5.41) is 4.30. The van der Waals surface area contributed by atoms with E-state index in [0.29, 0.717) is 11.6 Å². The highest BCUT2D eigenvalue weighted by Gasteiger charge is 2.11. The summed E-state index contributed by atoms with van der Waals surface area (Å²) in [5.41, 5.74) is 22.9. The van der Waals surface area contributed by atoms with Crippen LogP contribution in [-0.2, 0) is 25.7 Å². The summed E-state index contributed by atoms with van der Waals surface area (Å²) < 4.78 is 11.8. The summed E-state index contributed by atoms with van der Waals surface area (Å²) >= 11 is 0. The molecule has 10 rings (SSSR count). The number of aryl methyl sites for hydroxylation is 6. The molecule has 4 N–H and O–H groups in total. The predicted octanol–water partition coefficient (Wildman–Crippen LogP) is 12.5. The molecule has 0 amide bonds. The normalized spacial score (nSPS) is 11.1. The molecule has 0 aliphatic heterocycles.